The number of para-hydroxylation sites is 1. The summed E-state index contributed by atoms with van der Waals surface area (Å²) in [5, 5.41) is 0. The molecule has 1 aromatic rings. The van der Waals surface area contributed by atoms with Crippen LogP contribution in [0.4, 0.5) is 5.69 Å². The third-order valence-electron chi connectivity index (χ3n) is 3.44. The third kappa shape index (κ3) is 2.50. The van der Waals surface area contributed by atoms with Crippen LogP contribution in [0, 0.1) is 0 Å². The number of rotatable bonds is 3. The number of carbonyl (C=O) groups is 1. The Kier molecular flexibility index (Phi) is 3.79. The molecule has 0 saturated carbocycles. The number of amides is 1. The molecule has 1 atom stereocenters. The molecule has 0 saturated heterocycles. The van der Waals surface area contributed by atoms with Gasteiger partial charge in [-0.15, -0.1) is 0 Å². The molecular weight excluding hydrogens is 212 g/mol. The SMILES string of the molecule is CC1CCN(C(=O)CCCN)c2ccccc21. The lowest BCUT2D eigenvalue weighted by Gasteiger charge is -2.33. The lowest BCUT2D eigenvalue weighted by atomic mass is 9.91. The molecule has 17 heavy (non-hydrogen) atoms. The zero-order chi connectivity index (χ0) is 12.3. The Hall–Kier alpha value is -1.35. The molecule has 2 N–H and O–H groups in total. The molecule has 0 spiro atoms. The third-order valence-corrected chi connectivity index (χ3v) is 3.44. The van der Waals surface area contributed by atoms with Gasteiger partial charge in [0.2, 0.25) is 5.91 Å². The number of benzene rings is 1. The lowest BCUT2D eigenvalue weighted by molar-refractivity contribution is -0.118. The second-order valence-corrected chi connectivity index (χ2v) is 4.69. The summed E-state index contributed by atoms with van der Waals surface area (Å²) in [6, 6.07) is 8.22. The fourth-order valence-electron chi connectivity index (χ4n) is 2.40. The molecule has 1 heterocycles. The van der Waals surface area contributed by atoms with E-state index in [-0.39, 0.29) is 5.91 Å². The van der Waals surface area contributed by atoms with Crippen LogP contribution in [-0.2, 0) is 4.79 Å². The Balaban J connectivity index is 2.21. The van der Waals surface area contributed by atoms with Crippen molar-refractivity contribution in [2.75, 3.05) is 18.0 Å². The highest BCUT2D eigenvalue weighted by molar-refractivity contribution is 5.94. The van der Waals surface area contributed by atoms with Gasteiger partial charge in [0, 0.05) is 18.7 Å². The predicted octanol–water partition coefficient (Wildman–Crippen LogP) is 2.27. The van der Waals surface area contributed by atoms with Crippen molar-refractivity contribution in [3.05, 3.63) is 29.8 Å². The second kappa shape index (κ2) is 5.32. The molecule has 1 amide bonds. The van der Waals surface area contributed by atoms with Crippen LogP contribution in [0.25, 0.3) is 0 Å². The number of nitrogens with zero attached hydrogens (tertiary/aromatic N) is 1. The van der Waals surface area contributed by atoms with E-state index in [1.165, 1.54) is 5.56 Å². The molecule has 0 aromatic heterocycles. The summed E-state index contributed by atoms with van der Waals surface area (Å²) in [7, 11) is 0. The van der Waals surface area contributed by atoms with Gasteiger partial charge in [0.1, 0.15) is 0 Å². The van der Waals surface area contributed by atoms with E-state index in [4.69, 9.17) is 5.73 Å². The highest BCUT2D eigenvalue weighted by Gasteiger charge is 2.25. The second-order valence-electron chi connectivity index (χ2n) is 4.69. The summed E-state index contributed by atoms with van der Waals surface area (Å²) < 4.78 is 0. The molecule has 1 aliphatic heterocycles. The molecule has 3 heteroatoms. The zero-order valence-corrected chi connectivity index (χ0v) is 10.4. The quantitative estimate of drug-likeness (QED) is 0.869. The molecule has 1 unspecified atom stereocenters. The van der Waals surface area contributed by atoms with Crippen LogP contribution < -0.4 is 10.6 Å². The minimum Gasteiger partial charge on any atom is -0.330 e. The van der Waals surface area contributed by atoms with E-state index in [0.29, 0.717) is 18.9 Å². The smallest absolute Gasteiger partial charge is 0.227 e. The van der Waals surface area contributed by atoms with Crippen LogP contribution in [0.2, 0.25) is 0 Å². The molecule has 92 valence electrons. The summed E-state index contributed by atoms with van der Waals surface area (Å²) in [4.78, 5) is 14.0. The average Bonchev–Trinajstić information content (AvgIpc) is 2.37. The molecule has 3 nitrogen and oxygen atoms in total. The van der Waals surface area contributed by atoms with Gasteiger partial charge in [0.25, 0.3) is 0 Å². The first kappa shape index (κ1) is 12.1. The lowest BCUT2D eigenvalue weighted by Crippen LogP contribution is -2.36. The van der Waals surface area contributed by atoms with Crippen LogP contribution in [0.15, 0.2) is 24.3 Å². The first-order valence-corrected chi connectivity index (χ1v) is 6.33. The average molecular weight is 232 g/mol. The van der Waals surface area contributed by atoms with Gasteiger partial charge in [-0.05, 0) is 36.9 Å². The monoisotopic (exact) mass is 232 g/mol. The fraction of sp³-hybridized carbons (Fsp3) is 0.500. The number of hydrogen-bond acceptors (Lipinski definition) is 2. The number of nitrogens with two attached hydrogens (primary N) is 1. The Morgan fingerprint density at radius 2 is 2.24 bits per heavy atom. The van der Waals surface area contributed by atoms with Crippen LogP contribution in [0.1, 0.15) is 37.7 Å². The van der Waals surface area contributed by atoms with Gasteiger partial charge < -0.3 is 10.6 Å². The highest BCUT2D eigenvalue weighted by Crippen LogP contribution is 2.34. The van der Waals surface area contributed by atoms with Gasteiger partial charge >= 0.3 is 0 Å². The number of anilines is 1. The molecule has 1 aliphatic rings. The van der Waals surface area contributed by atoms with Crippen molar-refractivity contribution in [3.63, 3.8) is 0 Å². The van der Waals surface area contributed by atoms with Crippen LogP contribution in [-0.4, -0.2) is 19.0 Å². The van der Waals surface area contributed by atoms with E-state index < -0.39 is 0 Å². The molecule has 1 aromatic carbocycles. The molecule has 0 aliphatic carbocycles. The van der Waals surface area contributed by atoms with E-state index in [0.717, 1.165) is 25.1 Å². The maximum absolute atomic E-state index is 12.1. The van der Waals surface area contributed by atoms with Gasteiger partial charge in [-0.25, -0.2) is 0 Å². The Labute approximate surface area is 103 Å². The topological polar surface area (TPSA) is 46.3 Å². The fourth-order valence-corrected chi connectivity index (χ4v) is 2.40. The standard InChI is InChI=1S/C14H20N2O/c1-11-8-10-16(14(17)7-4-9-15)13-6-3-2-5-12(11)13/h2-3,5-6,11H,4,7-10,15H2,1H3. The zero-order valence-electron chi connectivity index (χ0n) is 10.4. The first-order valence-electron chi connectivity index (χ1n) is 6.33. The Morgan fingerprint density at radius 3 is 3.00 bits per heavy atom. The largest absolute Gasteiger partial charge is 0.330 e. The predicted molar refractivity (Wildman–Crippen MR) is 70.1 cm³/mol. The summed E-state index contributed by atoms with van der Waals surface area (Å²) in [5.74, 6) is 0.750. The van der Waals surface area contributed by atoms with E-state index in [1.54, 1.807) is 0 Å². The minimum absolute atomic E-state index is 0.204. The first-order chi connectivity index (χ1) is 8.24. The van der Waals surface area contributed by atoms with E-state index in [2.05, 4.69) is 13.0 Å². The Morgan fingerprint density at radius 1 is 1.47 bits per heavy atom. The van der Waals surface area contributed by atoms with E-state index >= 15 is 0 Å². The van der Waals surface area contributed by atoms with E-state index in [9.17, 15) is 4.79 Å². The van der Waals surface area contributed by atoms with Crippen LogP contribution in [0.5, 0.6) is 0 Å². The number of hydrogen-bond donors (Lipinski definition) is 1. The summed E-state index contributed by atoms with van der Waals surface area (Å²) in [6.07, 6.45) is 2.37. The van der Waals surface area contributed by atoms with E-state index in [1.807, 2.05) is 23.1 Å². The van der Waals surface area contributed by atoms with Crippen molar-refractivity contribution < 1.29 is 4.79 Å². The number of carbonyl (C=O) groups excluding carboxylic acids is 1. The van der Waals surface area contributed by atoms with Gasteiger partial charge in [-0.3, -0.25) is 4.79 Å². The normalized spacial score (nSPS) is 18.9. The van der Waals surface area contributed by atoms with Crippen molar-refractivity contribution in [2.45, 2.75) is 32.1 Å². The summed E-state index contributed by atoms with van der Waals surface area (Å²) in [6.45, 7) is 3.64. The van der Waals surface area contributed by atoms with Crippen molar-refractivity contribution >= 4 is 11.6 Å². The van der Waals surface area contributed by atoms with Crippen molar-refractivity contribution in [1.29, 1.82) is 0 Å². The van der Waals surface area contributed by atoms with Gasteiger partial charge in [-0.1, -0.05) is 25.1 Å². The van der Waals surface area contributed by atoms with Crippen molar-refractivity contribution in [1.82, 2.24) is 0 Å². The maximum Gasteiger partial charge on any atom is 0.227 e. The minimum atomic E-state index is 0.204. The van der Waals surface area contributed by atoms with Gasteiger partial charge in [0.05, 0.1) is 0 Å². The highest BCUT2D eigenvalue weighted by atomic mass is 16.2. The molecule has 0 fully saturated rings. The van der Waals surface area contributed by atoms with Gasteiger partial charge in [-0.2, -0.15) is 0 Å². The molecule has 2 rings (SSSR count). The Bertz CT molecular complexity index is 403. The molecule has 0 radical (unpaired) electrons. The molecule has 0 bridgehead atoms. The van der Waals surface area contributed by atoms with Gasteiger partial charge in [0.15, 0.2) is 0 Å². The maximum atomic E-state index is 12.1. The van der Waals surface area contributed by atoms with Crippen molar-refractivity contribution in [2.24, 2.45) is 5.73 Å². The summed E-state index contributed by atoms with van der Waals surface area (Å²) in [5.41, 5.74) is 7.83. The summed E-state index contributed by atoms with van der Waals surface area (Å²) >= 11 is 0. The molecular formula is C14H20N2O. The number of fused-ring (bicyclic) bond motifs is 1. The van der Waals surface area contributed by atoms with Crippen LogP contribution in [0.3, 0.4) is 0 Å². The van der Waals surface area contributed by atoms with Crippen LogP contribution >= 0.6 is 0 Å². The van der Waals surface area contributed by atoms with Crippen molar-refractivity contribution in [3.8, 4) is 0 Å².